The Bertz CT molecular complexity index is 639. The maximum Gasteiger partial charge on any atom is 0.318 e. The number of hydrogen-bond acceptors (Lipinski definition) is 3. The molecule has 1 unspecified atom stereocenters. The van der Waals surface area contributed by atoms with Crippen molar-refractivity contribution in [3.05, 3.63) is 42.5 Å². The fourth-order valence-corrected chi connectivity index (χ4v) is 3.04. The van der Waals surface area contributed by atoms with Crippen LogP contribution in [0.1, 0.15) is 44.5 Å². The quantitative estimate of drug-likeness (QED) is 0.944. The predicted octanol–water partition coefficient (Wildman–Crippen LogP) is 2.91. The van der Waals surface area contributed by atoms with Gasteiger partial charge >= 0.3 is 6.03 Å². The van der Waals surface area contributed by atoms with Gasteiger partial charge in [-0.2, -0.15) is 0 Å². The third-order valence-electron chi connectivity index (χ3n) is 4.20. The van der Waals surface area contributed by atoms with Crippen molar-refractivity contribution in [3.8, 4) is 5.69 Å². The summed E-state index contributed by atoms with van der Waals surface area (Å²) in [4.78, 5) is 14.4. The molecule has 0 saturated carbocycles. The first-order valence-corrected chi connectivity index (χ1v) is 8.31. The second-order valence-electron chi connectivity index (χ2n) is 5.83. The van der Waals surface area contributed by atoms with Crippen LogP contribution in [0.25, 0.3) is 5.69 Å². The lowest BCUT2D eigenvalue weighted by atomic mass is 10.0. The van der Waals surface area contributed by atoms with Gasteiger partial charge in [0.15, 0.2) is 5.82 Å². The normalized spacial score (nSPS) is 18.0. The molecule has 6 heteroatoms. The molecule has 3 rings (SSSR count). The molecule has 1 N–H and O–H groups in total. The van der Waals surface area contributed by atoms with Crippen molar-refractivity contribution in [2.75, 3.05) is 13.1 Å². The number of likely N-dealkylation sites (tertiary alicyclic amines) is 1. The van der Waals surface area contributed by atoms with Crippen molar-refractivity contribution in [1.29, 1.82) is 0 Å². The first-order valence-electron chi connectivity index (χ1n) is 8.31. The Kier molecular flexibility index (Phi) is 4.90. The average molecular weight is 313 g/mol. The molecule has 0 bridgehead atoms. The molecular formula is C17H23N5O. The number of para-hydroxylation sites is 1. The summed E-state index contributed by atoms with van der Waals surface area (Å²) in [6, 6.07) is 9.99. The van der Waals surface area contributed by atoms with E-state index >= 15 is 0 Å². The third-order valence-corrected chi connectivity index (χ3v) is 4.20. The maximum atomic E-state index is 12.5. The number of amides is 2. The molecule has 122 valence electrons. The number of piperidine rings is 1. The molecule has 0 aliphatic carbocycles. The minimum atomic E-state index is -0.0247. The van der Waals surface area contributed by atoms with Crippen LogP contribution in [0.2, 0.25) is 0 Å². The van der Waals surface area contributed by atoms with Gasteiger partial charge in [0.1, 0.15) is 6.33 Å². The van der Waals surface area contributed by atoms with E-state index in [9.17, 15) is 4.79 Å². The van der Waals surface area contributed by atoms with Gasteiger partial charge in [0.25, 0.3) is 0 Å². The molecule has 1 atom stereocenters. The van der Waals surface area contributed by atoms with Crippen molar-refractivity contribution in [3.63, 3.8) is 0 Å². The van der Waals surface area contributed by atoms with Crippen LogP contribution >= 0.6 is 0 Å². The molecule has 23 heavy (non-hydrogen) atoms. The van der Waals surface area contributed by atoms with Crippen LogP contribution in [-0.4, -0.2) is 38.8 Å². The monoisotopic (exact) mass is 313 g/mol. The minimum absolute atomic E-state index is 0.000776. The molecule has 1 aliphatic heterocycles. The molecular weight excluding hydrogens is 290 g/mol. The predicted molar refractivity (Wildman–Crippen MR) is 88.3 cm³/mol. The van der Waals surface area contributed by atoms with Crippen LogP contribution in [0.3, 0.4) is 0 Å². The van der Waals surface area contributed by atoms with Gasteiger partial charge in [0.05, 0.1) is 6.04 Å². The van der Waals surface area contributed by atoms with E-state index in [1.807, 2.05) is 39.8 Å². The van der Waals surface area contributed by atoms with Gasteiger partial charge in [-0.1, -0.05) is 25.1 Å². The Morgan fingerprint density at radius 3 is 2.91 bits per heavy atom. The molecule has 1 aromatic heterocycles. The van der Waals surface area contributed by atoms with Gasteiger partial charge in [-0.25, -0.2) is 4.79 Å². The van der Waals surface area contributed by atoms with E-state index in [2.05, 4.69) is 22.4 Å². The van der Waals surface area contributed by atoms with Crippen LogP contribution in [-0.2, 0) is 0 Å². The minimum Gasteiger partial charge on any atom is -0.338 e. The van der Waals surface area contributed by atoms with Gasteiger partial charge < -0.3 is 10.2 Å². The second kappa shape index (κ2) is 7.26. The fourth-order valence-electron chi connectivity index (χ4n) is 3.04. The van der Waals surface area contributed by atoms with E-state index in [1.54, 1.807) is 6.33 Å². The topological polar surface area (TPSA) is 63.1 Å². The molecule has 2 heterocycles. The van der Waals surface area contributed by atoms with Gasteiger partial charge in [0.2, 0.25) is 0 Å². The summed E-state index contributed by atoms with van der Waals surface area (Å²) in [7, 11) is 0. The number of carbonyl (C=O) groups is 1. The summed E-state index contributed by atoms with van der Waals surface area (Å²) in [6.07, 6.45) is 5.72. The summed E-state index contributed by atoms with van der Waals surface area (Å²) in [5, 5.41) is 11.4. The van der Waals surface area contributed by atoms with Gasteiger partial charge in [0, 0.05) is 18.8 Å². The number of benzene rings is 1. The highest BCUT2D eigenvalue weighted by atomic mass is 16.2. The molecule has 1 fully saturated rings. The Balaban J connectivity index is 1.87. The summed E-state index contributed by atoms with van der Waals surface area (Å²) in [6.45, 7) is 3.52. The standard InChI is InChI=1S/C17H23N5O/c1-2-11-18-17(23)21-12-7-6-10-15(21)16-20-19-13-22(16)14-8-4-3-5-9-14/h3-5,8-9,13,15H,2,6-7,10-12H2,1H3,(H,18,23). The number of aromatic nitrogens is 3. The lowest BCUT2D eigenvalue weighted by Crippen LogP contribution is -2.45. The second-order valence-corrected chi connectivity index (χ2v) is 5.83. The van der Waals surface area contributed by atoms with Crippen molar-refractivity contribution in [2.45, 2.75) is 38.6 Å². The summed E-state index contributed by atoms with van der Waals surface area (Å²) < 4.78 is 1.98. The number of hydrogen-bond donors (Lipinski definition) is 1. The Labute approximate surface area is 136 Å². The van der Waals surface area contributed by atoms with Crippen molar-refractivity contribution in [2.24, 2.45) is 0 Å². The molecule has 1 aliphatic rings. The first-order chi connectivity index (χ1) is 11.3. The van der Waals surface area contributed by atoms with E-state index in [-0.39, 0.29) is 12.1 Å². The zero-order valence-corrected chi connectivity index (χ0v) is 13.5. The Morgan fingerprint density at radius 1 is 1.30 bits per heavy atom. The summed E-state index contributed by atoms with van der Waals surface area (Å²) in [5.74, 6) is 0.836. The molecule has 6 nitrogen and oxygen atoms in total. The SMILES string of the molecule is CCCNC(=O)N1CCCCC1c1nncn1-c1ccccc1. The number of nitrogens with one attached hydrogen (secondary N) is 1. The Hall–Kier alpha value is -2.37. The highest BCUT2D eigenvalue weighted by Crippen LogP contribution is 2.30. The molecule has 0 radical (unpaired) electrons. The van der Waals surface area contributed by atoms with Gasteiger partial charge in [-0.15, -0.1) is 10.2 Å². The first kappa shape index (κ1) is 15.5. The van der Waals surface area contributed by atoms with Crippen molar-refractivity contribution < 1.29 is 4.79 Å². The third kappa shape index (κ3) is 3.36. The molecule has 1 aromatic carbocycles. The van der Waals surface area contributed by atoms with Crippen LogP contribution in [0.4, 0.5) is 4.79 Å². The van der Waals surface area contributed by atoms with E-state index < -0.39 is 0 Å². The largest absolute Gasteiger partial charge is 0.338 e. The zero-order valence-electron chi connectivity index (χ0n) is 13.5. The number of rotatable bonds is 4. The number of carbonyl (C=O) groups excluding carboxylic acids is 1. The summed E-state index contributed by atoms with van der Waals surface area (Å²) >= 11 is 0. The lowest BCUT2D eigenvalue weighted by Gasteiger charge is -2.35. The fraction of sp³-hybridized carbons (Fsp3) is 0.471. The highest BCUT2D eigenvalue weighted by molar-refractivity contribution is 5.74. The lowest BCUT2D eigenvalue weighted by molar-refractivity contribution is 0.147. The maximum absolute atomic E-state index is 12.5. The summed E-state index contributed by atoms with van der Waals surface area (Å²) in [5.41, 5.74) is 1.02. The molecule has 1 saturated heterocycles. The molecule has 2 amide bonds. The van der Waals surface area contributed by atoms with Crippen LogP contribution in [0, 0.1) is 0 Å². The van der Waals surface area contributed by atoms with Crippen LogP contribution in [0.5, 0.6) is 0 Å². The van der Waals surface area contributed by atoms with Crippen LogP contribution in [0.15, 0.2) is 36.7 Å². The molecule has 0 spiro atoms. The molecule has 2 aromatic rings. The zero-order chi connectivity index (χ0) is 16.1. The number of urea groups is 1. The van der Waals surface area contributed by atoms with Crippen LogP contribution < -0.4 is 5.32 Å². The van der Waals surface area contributed by atoms with E-state index in [0.717, 1.165) is 43.7 Å². The van der Waals surface area contributed by atoms with E-state index in [4.69, 9.17) is 0 Å². The van der Waals surface area contributed by atoms with Crippen molar-refractivity contribution >= 4 is 6.03 Å². The smallest absolute Gasteiger partial charge is 0.318 e. The van der Waals surface area contributed by atoms with E-state index in [0.29, 0.717) is 6.54 Å². The highest BCUT2D eigenvalue weighted by Gasteiger charge is 2.31. The van der Waals surface area contributed by atoms with E-state index in [1.165, 1.54) is 0 Å². The van der Waals surface area contributed by atoms with Gasteiger partial charge in [-0.05, 0) is 37.8 Å². The van der Waals surface area contributed by atoms with Gasteiger partial charge in [-0.3, -0.25) is 4.57 Å². The Morgan fingerprint density at radius 2 is 2.13 bits per heavy atom. The number of nitrogens with zero attached hydrogens (tertiary/aromatic N) is 4. The van der Waals surface area contributed by atoms with Crippen molar-refractivity contribution in [1.82, 2.24) is 25.0 Å². The average Bonchev–Trinajstić information content (AvgIpc) is 3.10.